The molecule has 18 heavy (non-hydrogen) atoms. The van der Waals surface area contributed by atoms with E-state index >= 15 is 0 Å². The molecule has 1 atom stereocenters. The van der Waals surface area contributed by atoms with E-state index in [1.165, 1.54) is 16.7 Å². The zero-order chi connectivity index (χ0) is 12.4. The van der Waals surface area contributed by atoms with Gasteiger partial charge in [-0.15, -0.1) is 0 Å². The molecule has 3 rings (SSSR count). The minimum atomic E-state index is 0.0540. The van der Waals surface area contributed by atoms with Crippen molar-refractivity contribution >= 4 is 0 Å². The fraction of sp³-hybridized carbons (Fsp3) is 0.250. The van der Waals surface area contributed by atoms with Gasteiger partial charge in [-0.2, -0.15) is 0 Å². The Balaban J connectivity index is 1.78. The van der Waals surface area contributed by atoms with E-state index in [-0.39, 0.29) is 6.04 Å². The Morgan fingerprint density at radius 3 is 2.78 bits per heavy atom. The Bertz CT molecular complexity index is 536. The number of ether oxygens (including phenoxy) is 1. The van der Waals surface area contributed by atoms with Gasteiger partial charge in [0.1, 0.15) is 5.75 Å². The lowest BCUT2D eigenvalue weighted by Gasteiger charge is -2.13. The Labute approximate surface area is 107 Å². The van der Waals surface area contributed by atoms with E-state index < -0.39 is 0 Å². The molecule has 1 aliphatic rings. The highest BCUT2D eigenvalue weighted by molar-refractivity contribution is 5.41. The first-order valence-electron chi connectivity index (χ1n) is 6.38. The number of hydrogen-bond donors (Lipinski definition) is 1. The van der Waals surface area contributed by atoms with E-state index in [0.717, 1.165) is 25.2 Å². The molecule has 2 heteroatoms. The van der Waals surface area contributed by atoms with Crippen LogP contribution in [0.25, 0.3) is 0 Å². The van der Waals surface area contributed by atoms with Crippen LogP contribution < -0.4 is 10.5 Å². The minimum Gasteiger partial charge on any atom is -0.493 e. The van der Waals surface area contributed by atoms with Crippen molar-refractivity contribution in [1.29, 1.82) is 0 Å². The molecule has 1 aliphatic heterocycles. The maximum atomic E-state index is 6.28. The van der Waals surface area contributed by atoms with Gasteiger partial charge in [0.25, 0.3) is 0 Å². The average Bonchev–Trinajstić information content (AvgIpc) is 2.87. The molecule has 2 aromatic rings. The van der Waals surface area contributed by atoms with Crippen LogP contribution in [-0.2, 0) is 12.8 Å². The number of benzene rings is 2. The van der Waals surface area contributed by atoms with Crippen molar-refractivity contribution in [3.63, 3.8) is 0 Å². The van der Waals surface area contributed by atoms with Crippen LogP contribution in [0.15, 0.2) is 48.5 Å². The van der Waals surface area contributed by atoms with E-state index in [1.807, 2.05) is 12.1 Å². The normalized spacial score (nSPS) is 14.9. The molecule has 0 aromatic heterocycles. The van der Waals surface area contributed by atoms with Gasteiger partial charge in [0.15, 0.2) is 0 Å². The summed E-state index contributed by atoms with van der Waals surface area (Å²) < 4.78 is 5.51. The summed E-state index contributed by atoms with van der Waals surface area (Å²) in [7, 11) is 0. The summed E-state index contributed by atoms with van der Waals surface area (Å²) >= 11 is 0. The second-order valence-corrected chi connectivity index (χ2v) is 4.76. The average molecular weight is 239 g/mol. The first kappa shape index (κ1) is 11.3. The molecule has 0 radical (unpaired) electrons. The third-order valence-electron chi connectivity index (χ3n) is 3.44. The van der Waals surface area contributed by atoms with Gasteiger partial charge in [-0.25, -0.2) is 0 Å². The third-order valence-corrected chi connectivity index (χ3v) is 3.44. The topological polar surface area (TPSA) is 35.2 Å². The third kappa shape index (κ3) is 2.24. The van der Waals surface area contributed by atoms with Gasteiger partial charge in [0, 0.05) is 12.5 Å². The van der Waals surface area contributed by atoms with Gasteiger partial charge in [-0.3, -0.25) is 0 Å². The molecule has 0 saturated heterocycles. The quantitative estimate of drug-likeness (QED) is 0.894. The lowest BCUT2D eigenvalue weighted by Crippen LogP contribution is -2.13. The summed E-state index contributed by atoms with van der Waals surface area (Å²) in [5, 5.41) is 0. The smallest absolute Gasteiger partial charge is 0.122 e. The van der Waals surface area contributed by atoms with E-state index in [0.29, 0.717) is 0 Å². The predicted octanol–water partition coefficient (Wildman–Crippen LogP) is 2.86. The molecule has 1 unspecified atom stereocenters. The summed E-state index contributed by atoms with van der Waals surface area (Å²) in [5.74, 6) is 1.02. The highest BCUT2D eigenvalue weighted by atomic mass is 16.5. The molecule has 0 spiro atoms. The molecule has 0 amide bonds. The molecule has 0 saturated carbocycles. The standard InChI is InChI=1S/C16H17NO/c17-15(10-12-4-2-1-3-5-12)13-6-7-16-14(11-13)8-9-18-16/h1-7,11,15H,8-10,17H2. The molecular weight excluding hydrogens is 222 g/mol. The molecule has 92 valence electrons. The Morgan fingerprint density at radius 1 is 1.11 bits per heavy atom. The van der Waals surface area contributed by atoms with Crippen LogP contribution in [0.4, 0.5) is 0 Å². The van der Waals surface area contributed by atoms with E-state index in [9.17, 15) is 0 Å². The van der Waals surface area contributed by atoms with Gasteiger partial charge in [0.05, 0.1) is 6.61 Å². The van der Waals surface area contributed by atoms with Crippen LogP contribution in [0, 0.1) is 0 Å². The molecule has 2 N–H and O–H groups in total. The van der Waals surface area contributed by atoms with Crippen LogP contribution in [-0.4, -0.2) is 6.61 Å². The van der Waals surface area contributed by atoms with Crippen molar-refractivity contribution in [2.75, 3.05) is 6.61 Å². The second kappa shape index (κ2) is 4.83. The number of hydrogen-bond acceptors (Lipinski definition) is 2. The van der Waals surface area contributed by atoms with E-state index in [4.69, 9.17) is 10.5 Å². The summed E-state index contributed by atoms with van der Waals surface area (Å²) in [6, 6.07) is 16.8. The lowest BCUT2D eigenvalue weighted by molar-refractivity contribution is 0.357. The molecule has 1 heterocycles. The monoisotopic (exact) mass is 239 g/mol. The fourth-order valence-corrected chi connectivity index (χ4v) is 2.42. The maximum absolute atomic E-state index is 6.28. The van der Waals surface area contributed by atoms with Crippen molar-refractivity contribution in [3.8, 4) is 5.75 Å². The Kier molecular flexibility index (Phi) is 3.03. The first-order chi connectivity index (χ1) is 8.83. The van der Waals surface area contributed by atoms with Gasteiger partial charge in [0.2, 0.25) is 0 Å². The molecule has 2 aromatic carbocycles. The predicted molar refractivity (Wildman–Crippen MR) is 72.7 cm³/mol. The summed E-state index contributed by atoms with van der Waals surface area (Å²) in [4.78, 5) is 0. The summed E-state index contributed by atoms with van der Waals surface area (Å²) in [6.45, 7) is 0.798. The highest BCUT2D eigenvalue weighted by Gasteiger charge is 2.14. The van der Waals surface area contributed by atoms with Crippen molar-refractivity contribution in [3.05, 3.63) is 65.2 Å². The first-order valence-corrected chi connectivity index (χ1v) is 6.38. The SMILES string of the molecule is NC(Cc1ccccc1)c1ccc2c(c1)CCO2. The van der Waals surface area contributed by atoms with Crippen LogP contribution in [0.3, 0.4) is 0 Å². The van der Waals surface area contributed by atoms with Gasteiger partial charge < -0.3 is 10.5 Å². The van der Waals surface area contributed by atoms with Crippen LogP contribution in [0.1, 0.15) is 22.7 Å². The molecule has 0 fully saturated rings. The van der Waals surface area contributed by atoms with Gasteiger partial charge >= 0.3 is 0 Å². The number of rotatable bonds is 3. The van der Waals surface area contributed by atoms with E-state index in [2.05, 4.69) is 36.4 Å². The summed E-state index contributed by atoms with van der Waals surface area (Å²) in [5.41, 5.74) is 10.0. The Hall–Kier alpha value is -1.80. The molecule has 0 aliphatic carbocycles. The van der Waals surface area contributed by atoms with Crippen LogP contribution in [0.2, 0.25) is 0 Å². The molecule has 2 nitrogen and oxygen atoms in total. The van der Waals surface area contributed by atoms with Crippen molar-refractivity contribution in [2.45, 2.75) is 18.9 Å². The Morgan fingerprint density at radius 2 is 1.94 bits per heavy atom. The number of nitrogens with two attached hydrogens (primary N) is 1. The highest BCUT2D eigenvalue weighted by Crippen LogP contribution is 2.28. The zero-order valence-corrected chi connectivity index (χ0v) is 10.3. The zero-order valence-electron chi connectivity index (χ0n) is 10.3. The fourth-order valence-electron chi connectivity index (χ4n) is 2.42. The minimum absolute atomic E-state index is 0.0540. The van der Waals surface area contributed by atoms with Crippen LogP contribution in [0.5, 0.6) is 5.75 Å². The van der Waals surface area contributed by atoms with Crippen molar-refractivity contribution < 1.29 is 4.74 Å². The second-order valence-electron chi connectivity index (χ2n) is 4.76. The molecular formula is C16H17NO. The van der Waals surface area contributed by atoms with Crippen molar-refractivity contribution in [2.24, 2.45) is 5.73 Å². The lowest BCUT2D eigenvalue weighted by atomic mass is 9.97. The largest absolute Gasteiger partial charge is 0.493 e. The summed E-state index contributed by atoms with van der Waals surface area (Å²) in [6.07, 6.45) is 1.88. The van der Waals surface area contributed by atoms with Crippen LogP contribution >= 0.6 is 0 Å². The van der Waals surface area contributed by atoms with Crippen molar-refractivity contribution in [1.82, 2.24) is 0 Å². The van der Waals surface area contributed by atoms with Gasteiger partial charge in [-0.05, 0) is 29.2 Å². The number of fused-ring (bicyclic) bond motifs is 1. The maximum Gasteiger partial charge on any atom is 0.122 e. The van der Waals surface area contributed by atoms with Gasteiger partial charge in [-0.1, -0.05) is 42.5 Å². The molecule has 0 bridgehead atoms. The van der Waals surface area contributed by atoms with E-state index in [1.54, 1.807) is 0 Å².